The second-order valence-electron chi connectivity index (χ2n) is 5.98. The number of carbonyl (C=O) groups is 1. The smallest absolute Gasteiger partial charge is 0.251 e. The molecule has 1 amide bonds. The van der Waals surface area contributed by atoms with Crippen molar-refractivity contribution in [2.75, 3.05) is 13.2 Å². The number of amides is 1. The van der Waals surface area contributed by atoms with E-state index in [4.69, 9.17) is 0 Å². The maximum atomic E-state index is 12.3. The molecule has 2 aromatic rings. The topological polar surface area (TPSA) is 65.1 Å². The Morgan fingerprint density at radius 3 is 2.86 bits per heavy atom. The third-order valence-corrected chi connectivity index (χ3v) is 4.64. The SMILES string of the molecule is O=C(NCC1CCCCC1CO)c1ccc2cc[nH]c2c1. The second kappa shape index (κ2) is 6.31. The predicted octanol–water partition coefficient (Wildman–Crippen LogP) is 2.70. The first-order valence-corrected chi connectivity index (χ1v) is 7.74. The lowest BCUT2D eigenvalue weighted by Crippen LogP contribution is -2.35. The van der Waals surface area contributed by atoms with Crippen LogP contribution in [-0.2, 0) is 0 Å². The highest BCUT2D eigenvalue weighted by Gasteiger charge is 2.24. The van der Waals surface area contributed by atoms with Crippen LogP contribution in [0, 0.1) is 11.8 Å². The van der Waals surface area contributed by atoms with Crippen LogP contribution < -0.4 is 5.32 Å². The number of nitrogens with one attached hydrogen (secondary N) is 2. The minimum absolute atomic E-state index is 0.0336. The number of fused-ring (bicyclic) bond motifs is 1. The van der Waals surface area contributed by atoms with Gasteiger partial charge in [-0.2, -0.15) is 0 Å². The van der Waals surface area contributed by atoms with Gasteiger partial charge in [-0.1, -0.05) is 18.9 Å². The minimum atomic E-state index is -0.0336. The van der Waals surface area contributed by atoms with E-state index in [1.165, 1.54) is 12.8 Å². The van der Waals surface area contributed by atoms with E-state index in [-0.39, 0.29) is 12.5 Å². The molecule has 3 N–H and O–H groups in total. The van der Waals surface area contributed by atoms with Crippen molar-refractivity contribution in [3.63, 3.8) is 0 Å². The Morgan fingerprint density at radius 2 is 2.05 bits per heavy atom. The molecular weight excluding hydrogens is 264 g/mol. The van der Waals surface area contributed by atoms with Crippen LogP contribution in [0.25, 0.3) is 10.9 Å². The Morgan fingerprint density at radius 1 is 1.24 bits per heavy atom. The highest BCUT2D eigenvalue weighted by molar-refractivity contribution is 5.97. The molecular formula is C17H22N2O2. The molecule has 1 aliphatic carbocycles. The van der Waals surface area contributed by atoms with Gasteiger partial charge in [0.25, 0.3) is 5.91 Å². The Hall–Kier alpha value is -1.81. The number of H-pyrrole nitrogens is 1. The van der Waals surface area contributed by atoms with E-state index in [9.17, 15) is 9.90 Å². The maximum Gasteiger partial charge on any atom is 0.251 e. The highest BCUT2D eigenvalue weighted by atomic mass is 16.3. The number of hydrogen-bond donors (Lipinski definition) is 3. The zero-order valence-corrected chi connectivity index (χ0v) is 12.1. The van der Waals surface area contributed by atoms with Crippen molar-refractivity contribution >= 4 is 16.8 Å². The number of aliphatic hydroxyl groups is 1. The van der Waals surface area contributed by atoms with E-state index < -0.39 is 0 Å². The molecule has 0 bridgehead atoms. The van der Waals surface area contributed by atoms with Gasteiger partial charge in [-0.05, 0) is 48.3 Å². The lowest BCUT2D eigenvalue weighted by atomic mass is 9.79. The summed E-state index contributed by atoms with van der Waals surface area (Å²) in [6.45, 7) is 0.891. The number of aromatic amines is 1. The summed E-state index contributed by atoms with van der Waals surface area (Å²) in [5.74, 6) is 0.709. The van der Waals surface area contributed by atoms with E-state index in [1.54, 1.807) is 0 Å². The monoisotopic (exact) mass is 286 g/mol. The summed E-state index contributed by atoms with van der Waals surface area (Å²) < 4.78 is 0. The summed E-state index contributed by atoms with van der Waals surface area (Å²) >= 11 is 0. The molecule has 2 unspecified atom stereocenters. The first-order chi connectivity index (χ1) is 10.3. The first kappa shape index (κ1) is 14.1. The van der Waals surface area contributed by atoms with Gasteiger partial charge >= 0.3 is 0 Å². The lowest BCUT2D eigenvalue weighted by molar-refractivity contribution is 0.0909. The number of benzene rings is 1. The lowest BCUT2D eigenvalue weighted by Gasteiger charge is -2.30. The van der Waals surface area contributed by atoms with Gasteiger partial charge < -0.3 is 15.4 Å². The van der Waals surface area contributed by atoms with Crippen LogP contribution in [0.5, 0.6) is 0 Å². The molecule has 0 radical (unpaired) electrons. The summed E-state index contributed by atoms with van der Waals surface area (Å²) in [4.78, 5) is 15.4. The van der Waals surface area contributed by atoms with Crippen LogP contribution in [0.4, 0.5) is 0 Å². The Balaban J connectivity index is 1.62. The van der Waals surface area contributed by atoms with Crippen molar-refractivity contribution < 1.29 is 9.90 Å². The summed E-state index contributed by atoms with van der Waals surface area (Å²) in [5, 5.41) is 13.6. The van der Waals surface area contributed by atoms with E-state index in [2.05, 4.69) is 10.3 Å². The number of carbonyl (C=O) groups excluding carboxylic acids is 1. The summed E-state index contributed by atoms with van der Waals surface area (Å²) in [7, 11) is 0. The second-order valence-corrected chi connectivity index (χ2v) is 5.98. The molecule has 1 aliphatic rings. The molecule has 0 saturated heterocycles. The van der Waals surface area contributed by atoms with Crippen LogP contribution in [0.2, 0.25) is 0 Å². The third-order valence-electron chi connectivity index (χ3n) is 4.64. The molecule has 4 heteroatoms. The normalized spacial score (nSPS) is 22.3. The number of aliphatic hydroxyl groups excluding tert-OH is 1. The van der Waals surface area contributed by atoms with Crippen LogP contribution in [0.3, 0.4) is 0 Å². The van der Waals surface area contributed by atoms with Gasteiger partial charge in [-0.3, -0.25) is 4.79 Å². The van der Waals surface area contributed by atoms with Crippen molar-refractivity contribution in [2.24, 2.45) is 11.8 Å². The average molecular weight is 286 g/mol. The van der Waals surface area contributed by atoms with E-state index >= 15 is 0 Å². The molecule has 1 heterocycles. The summed E-state index contributed by atoms with van der Waals surface area (Å²) in [6, 6.07) is 7.69. The fourth-order valence-corrected chi connectivity index (χ4v) is 3.31. The maximum absolute atomic E-state index is 12.3. The summed E-state index contributed by atoms with van der Waals surface area (Å²) in [6.07, 6.45) is 6.44. The van der Waals surface area contributed by atoms with E-state index in [0.29, 0.717) is 23.9 Å². The first-order valence-electron chi connectivity index (χ1n) is 7.74. The zero-order valence-electron chi connectivity index (χ0n) is 12.1. The largest absolute Gasteiger partial charge is 0.396 e. The molecule has 4 nitrogen and oxygen atoms in total. The van der Waals surface area contributed by atoms with Gasteiger partial charge in [-0.15, -0.1) is 0 Å². The van der Waals surface area contributed by atoms with Gasteiger partial charge in [0.05, 0.1) is 0 Å². The Kier molecular flexibility index (Phi) is 4.25. The summed E-state index contributed by atoms with van der Waals surface area (Å²) in [5.41, 5.74) is 1.66. The number of hydrogen-bond acceptors (Lipinski definition) is 2. The van der Waals surface area contributed by atoms with Crippen molar-refractivity contribution in [3.8, 4) is 0 Å². The van der Waals surface area contributed by atoms with Crippen LogP contribution in [0.15, 0.2) is 30.5 Å². The molecule has 1 aromatic carbocycles. The van der Waals surface area contributed by atoms with Gasteiger partial charge in [0.2, 0.25) is 0 Å². The van der Waals surface area contributed by atoms with Crippen molar-refractivity contribution in [3.05, 3.63) is 36.0 Å². The van der Waals surface area contributed by atoms with E-state index in [0.717, 1.165) is 23.7 Å². The van der Waals surface area contributed by atoms with Crippen LogP contribution in [-0.4, -0.2) is 29.1 Å². The Bertz CT molecular complexity index is 620. The molecule has 0 aliphatic heterocycles. The third kappa shape index (κ3) is 3.10. The molecule has 1 fully saturated rings. The fraction of sp³-hybridized carbons (Fsp3) is 0.471. The molecule has 21 heavy (non-hydrogen) atoms. The molecule has 1 aromatic heterocycles. The standard InChI is InChI=1S/C17H22N2O2/c20-11-15-4-2-1-3-14(15)10-19-17(21)13-6-5-12-7-8-18-16(12)9-13/h5-9,14-15,18,20H,1-4,10-11H2,(H,19,21). The quantitative estimate of drug-likeness (QED) is 0.809. The predicted molar refractivity (Wildman–Crippen MR) is 83.2 cm³/mol. The van der Waals surface area contributed by atoms with Gasteiger partial charge in [0.15, 0.2) is 0 Å². The fourth-order valence-electron chi connectivity index (χ4n) is 3.31. The minimum Gasteiger partial charge on any atom is -0.396 e. The highest BCUT2D eigenvalue weighted by Crippen LogP contribution is 2.29. The zero-order chi connectivity index (χ0) is 14.7. The molecule has 0 spiro atoms. The van der Waals surface area contributed by atoms with Gasteiger partial charge in [-0.25, -0.2) is 0 Å². The van der Waals surface area contributed by atoms with Crippen LogP contribution >= 0.6 is 0 Å². The van der Waals surface area contributed by atoms with Crippen molar-refractivity contribution in [1.29, 1.82) is 0 Å². The molecule has 3 rings (SSSR count). The molecule has 2 atom stereocenters. The van der Waals surface area contributed by atoms with Crippen LogP contribution in [0.1, 0.15) is 36.0 Å². The van der Waals surface area contributed by atoms with Gasteiger partial charge in [0.1, 0.15) is 0 Å². The van der Waals surface area contributed by atoms with Crippen molar-refractivity contribution in [2.45, 2.75) is 25.7 Å². The number of rotatable bonds is 4. The molecule has 1 saturated carbocycles. The van der Waals surface area contributed by atoms with E-state index in [1.807, 2.05) is 30.5 Å². The number of aromatic nitrogens is 1. The average Bonchev–Trinajstić information content (AvgIpc) is 3.00. The van der Waals surface area contributed by atoms with Gasteiger partial charge in [0, 0.05) is 30.4 Å². The molecule has 112 valence electrons. The Labute approximate surface area is 124 Å². The van der Waals surface area contributed by atoms with Crippen molar-refractivity contribution in [1.82, 2.24) is 10.3 Å².